The molecule has 1 heterocycles. The first-order chi connectivity index (χ1) is 16.3. The average Bonchev–Trinajstić information content (AvgIpc) is 2.82. The van der Waals surface area contributed by atoms with Crippen LogP contribution in [-0.2, 0) is 16.2 Å². The van der Waals surface area contributed by atoms with Crippen LogP contribution in [0.3, 0.4) is 0 Å². The Bertz CT molecular complexity index is 1300. The monoisotopic (exact) mass is 477 g/mol. The lowest BCUT2D eigenvalue weighted by atomic mass is 10.1. The molecule has 10 heteroatoms. The van der Waals surface area contributed by atoms with Crippen LogP contribution in [0.4, 0.5) is 16.2 Å². The maximum Gasteiger partial charge on any atom is 0.335 e. The topological polar surface area (TPSA) is 119 Å². The van der Waals surface area contributed by atoms with E-state index in [1.54, 1.807) is 36.4 Å². The van der Waals surface area contributed by atoms with Gasteiger partial charge in [0.2, 0.25) is 0 Å². The number of ether oxygens (including phenoxy) is 1. The van der Waals surface area contributed by atoms with Crippen molar-refractivity contribution in [3.63, 3.8) is 0 Å². The molecule has 1 N–H and O–H groups in total. The highest BCUT2D eigenvalue weighted by Crippen LogP contribution is 2.24. The number of nitrogens with zero attached hydrogens (tertiary/aromatic N) is 2. The van der Waals surface area contributed by atoms with E-state index in [-0.39, 0.29) is 23.6 Å². The van der Waals surface area contributed by atoms with E-state index >= 15 is 0 Å². The van der Waals surface area contributed by atoms with Gasteiger partial charge < -0.3 is 4.74 Å². The Kier molecular flexibility index (Phi) is 6.37. The zero-order chi connectivity index (χ0) is 24.2. The van der Waals surface area contributed by atoms with Crippen molar-refractivity contribution in [3.8, 4) is 5.75 Å². The lowest BCUT2D eigenvalue weighted by Gasteiger charge is -2.26. The number of nitro groups is 1. The molecule has 3 aromatic rings. The number of hydrogen-bond donors (Lipinski definition) is 1. The SMILES string of the molecule is O=C1NC(=O)N(c2ccc(Cl)cc2)C(=O)C1=Cc1ccc(OCc2ccc([N+](=O)[O-])cc2)cc1. The summed E-state index contributed by atoms with van der Waals surface area (Å²) in [5, 5.41) is 13.3. The van der Waals surface area contributed by atoms with Crippen molar-refractivity contribution in [1.82, 2.24) is 5.32 Å². The van der Waals surface area contributed by atoms with Gasteiger partial charge in [0.15, 0.2) is 0 Å². The number of halogens is 1. The van der Waals surface area contributed by atoms with Gasteiger partial charge in [-0.05, 0) is 65.7 Å². The highest BCUT2D eigenvalue weighted by Gasteiger charge is 2.36. The normalized spacial score (nSPS) is 14.8. The fourth-order valence-electron chi connectivity index (χ4n) is 3.19. The Balaban J connectivity index is 1.47. The molecule has 1 aliphatic rings. The molecule has 1 aliphatic heterocycles. The number of carbonyl (C=O) groups is 3. The van der Waals surface area contributed by atoms with Crippen LogP contribution in [-0.4, -0.2) is 22.8 Å². The largest absolute Gasteiger partial charge is 0.489 e. The molecule has 34 heavy (non-hydrogen) atoms. The molecule has 4 rings (SSSR count). The number of non-ortho nitro benzene ring substituents is 1. The van der Waals surface area contributed by atoms with Gasteiger partial charge in [-0.15, -0.1) is 0 Å². The fraction of sp³-hybridized carbons (Fsp3) is 0.0417. The number of nitrogens with one attached hydrogen (secondary N) is 1. The van der Waals surface area contributed by atoms with Crippen LogP contribution in [0.5, 0.6) is 5.75 Å². The Labute approximate surface area is 198 Å². The first-order valence-corrected chi connectivity index (χ1v) is 10.3. The van der Waals surface area contributed by atoms with E-state index in [0.717, 1.165) is 10.5 Å². The number of amides is 4. The standard InChI is InChI=1S/C24H16ClN3O6/c25-17-5-9-18(10-6-17)27-23(30)21(22(29)26-24(27)31)13-15-3-11-20(12-4-15)34-14-16-1-7-19(8-2-16)28(32)33/h1-13H,14H2,(H,26,29,31). The molecule has 3 aromatic carbocycles. The van der Waals surface area contributed by atoms with Crippen LogP contribution in [0.2, 0.25) is 5.02 Å². The molecule has 0 atom stereocenters. The van der Waals surface area contributed by atoms with E-state index in [1.165, 1.54) is 42.5 Å². The van der Waals surface area contributed by atoms with E-state index in [1.807, 2.05) is 0 Å². The van der Waals surface area contributed by atoms with Gasteiger partial charge in [0.05, 0.1) is 10.6 Å². The van der Waals surface area contributed by atoms with Crippen LogP contribution in [0, 0.1) is 10.1 Å². The van der Waals surface area contributed by atoms with Crippen LogP contribution >= 0.6 is 11.6 Å². The summed E-state index contributed by atoms with van der Waals surface area (Å²) < 4.78 is 5.68. The quantitative estimate of drug-likeness (QED) is 0.242. The Hall–Kier alpha value is -4.50. The van der Waals surface area contributed by atoms with Gasteiger partial charge in [0.1, 0.15) is 17.9 Å². The summed E-state index contributed by atoms with van der Waals surface area (Å²) >= 11 is 5.87. The Morgan fingerprint density at radius 1 is 0.941 bits per heavy atom. The third-order valence-electron chi connectivity index (χ3n) is 4.93. The second-order valence-corrected chi connectivity index (χ2v) is 7.65. The fourth-order valence-corrected chi connectivity index (χ4v) is 3.32. The second kappa shape index (κ2) is 9.55. The number of anilines is 1. The number of hydrogen-bond acceptors (Lipinski definition) is 6. The lowest BCUT2D eigenvalue weighted by Crippen LogP contribution is -2.54. The summed E-state index contributed by atoms with van der Waals surface area (Å²) in [6.07, 6.45) is 1.38. The molecule has 0 saturated carbocycles. The first-order valence-electron chi connectivity index (χ1n) is 9.95. The number of rotatable bonds is 6. The predicted octanol–water partition coefficient (Wildman–Crippen LogP) is 4.49. The summed E-state index contributed by atoms with van der Waals surface area (Å²) in [5.41, 5.74) is 1.38. The van der Waals surface area contributed by atoms with Crippen molar-refractivity contribution in [2.75, 3.05) is 4.90 Å². The van der Waals surface area contributed by atoms with Gasteiger partial charge in [-0.3, -0.25) is 25.0 Å². The maximum atomic E-state index is 12.9. The predicted molar refractivity (Wildman–Crippen MR) is 124 cm³/mol. The summed E-state index contributed by atoms with van der Waals surface area (Å²) in [6.45, 7) is 0.206. The maximum absolute atomic E-state index is 12.9. The van der Waals surface area contributed by atoms with E-state index in [4.69, 9.17) is 16.3 Å². The summed E-state index contributed by atoms with van der Waals surface area (Å²) in [4.78, 5) is 48.6. The summed E-state index contributed by atoms with van der Waals surface area (Å²) in [7, 11) is 0. The zero-order valence-corrected chi connectivity index (χ0v) is 18.2. The number of urea groups is 1. The van der Waals surface area contributed by atoms with Gasteiger partial charge in [-0.2, -0.15) is 0 Å². The molecular weight excluding hydrogens is 462 g/mol. The third kappa shape index (κ3) is 4.94. The molecule has 4 amide bonds. The molecule has 0 aromatic heterocycles. The van der Waals surface area contributed by atoms with Gasteiger partial charge in [0.25, 0.3) is 17.5 Å². The van der Waals surface area contributed by atoms with Crippen molar-refractivity contribution in [3.05, 3.63) is 105 Å². The zero-order valence-electron chi connectivity index (χ0n) is 17.4. The van der Waals surface area contributed by atoms with Crippen LogP contribution in [0.25, 0.3) is 6.08 Å². The molecule has 1 fully saturated rings. The molecule has 0 bridgehead atoms. The molecular formula is C24H16ClN3O6. The van der Waals surface area contributed by atoms with E-state index in [9.17, 15) is 24.5 Å². The highest BCUT2D eigenvalue weighted by atomic mass is 35.5. The molecule has 9 nitrogen and oxygen atoms in total. The summed E-state index contributed by atoms with van der Waals surface area (Å²) in [5.74, 6) is -1.02. The lowest BCUT2D eigenvalue weighted by molar-refractivity contribution is -0.384. The van der Waals surface area contributed by atoms with Gasteiger partial charge in [0, 0.05) is 17.2 Å². The molecule has 1 saturated heterocycles. The minimum Gasteiger partial charge on any atom is -0.489 e. The number of barbiturate groups is 1. The molecule has 0 unspecified atom stereocenters. The third-order valence-corrected chi connectivity index (χ3v) is 5.18. The van der Waals surface area contributed by atoms with E-state index in [0.29, 0.717) is 16.3 Å². The molecule has 170 valence electrons. The number of benzene rings is 3. The first kappa shape index (κ1) is 22.7. The average molecular weight is 478 g/mol. The second-order valence-electron chi connectivity index (χ2n) is 7.22. The van der Waals surface area contributed by atoms with E-state index < -0.39 is 22.8 Å². The highest BCUT2D eigenvalue weighted by molar-refractivity contribution is 6.39. The van der Waals surface area contributed by atoms with Crippen molar-refractivity contribution < 1.29 is 24.0 Å². The number of carbonyl (C=O) groups excluding carboxylic acids is 3. The minimum absolute atomic E-state index is 0.00114. The number of imide groups is 2. The van der Waals surface area contributed by atoms with Crippen LogP contribution in [0.1, 0.15) is 11.1 Å². The van der Waals surface area contributed by atoms with Crippen molar-refractivity contribution >= 4 is 46.9 Å². The smallest absolute Gasteiger partial charge is 0.335 e. The van der Waals surface area contributed by atoms with Gasteiger partial charge >= 0.3 is 6.03 Å². The number of nitro benzene ring substituents is 1. The Morgan fingerprint density at radius 3 is 2.21 bits per heavy atom. The summed E-state index contributed by atoms with van der Waals surface area (Å²) in [6, 6.07) is 17.9. The van der Waals surface area contributed by atoms with Gasteiger partial charge in [-0.1, -0.05) is 23.7 Å². The van der Waals surface area contributed by atoms with E-state index in [2.05, 4.69) is 5.32 Å². The molecule has 0 aliphatic carbocycles. The Morgan fingerprint density at radius 2 is 1.59 bits per heavy atom. The van der Waals surface area contributed by atoms with Crippen molar-refractivity contribution in [2.24, 2.45) is 0 Å². The van der Waals surface area contributed by atoms with Crippen LogP contribution in [0.15, 0.2) is 78.4 Å². The molecule has 0 spiro atoms. The van der Waals surface area contributed by atoms with Crippen molar-refractivity contribution in [2.45, 2.75) is 6.61 Å². The van der Waals surface area contributed by atoms with Gasteiger partial charge in [-0.25, -0.2) is 9.69 Å². The molecule has 0 radical (unpaired) electrons. The van der Waals surface area contributed by atoms with Crippen LogP contribution < -0.4 is 15.0 Å². The van der Waals surface area contributed by atoms with Crippen molar-refractivity contribution in [1.29, 1.82) is 0 Å². The minimum atomic E-state index is -0.843.